The molecular formula is C8H20Si. The van der Waals surface area contributed by atoms with E-state index in [1.54, 1.807) is 0 Å². The second-order valence-corrected chi connectivity index (χ2v) is 8.80. The molecule has 0 fully saturated rings. The SMILES string of the molecule is CCC[Si](C)(CC)CC. The van der Waals surface area contributed by atoms with Crippen molar-refractivity contribution in [1.29, 1.82) is 0 Å². The molecule has 56 valence electrons. The van der Waals surface area contributed by atoms with Gasteiger partial charge in [-0.3, -0.25) is 0 Å². The maximum atomic E-state index is 2.52. The van der Waals surface area contributed by atoms with Crippen LogP contribution in [0.15, 0.2) is 0 Å². The van der Waals surface area contributed by atoms with E-state index in [1.807, 2.05) is 0 Å². The average molecular weight is 144 g/mol. The molecule has 0 heterocycles. The minimum Gasteiger partial charge on any atom is -0.0692 e. The second kappa shape index (κ2) is 4.10. The van der Waals surface area contributed by atoms with Crippen LogP contribution in [0.5, 0.6) is 0 Å². The van der Waals surface area contributed by atoms with Crippen LogP contribution in [0.3, 0.4) is 0 Å². The highest BCUT2D eigenvalue weighted by atomic mass is 28.3. The summed E-state index contributed by atoms with van der Waals surface area (Å²) in [5.74, 6) is 0. The highest BCUT2D eigenvalue weighted by Crippen LogP contribution is 2.20. The van der Waals surface area contributed by atoms with Gasteiger partial charge in [0.05, 0.1) is 0 Å². The van der Waals surface area contributed by atoms with Crippen molar-refractivity contribution in [1.82, 2.24) is 0 Å². The third-order valence-electron chi connectivity index (χ3n) is 2.56. The first kappa shape index (κ1) is 9.22. The molecule has 0 spiro atoms. The summed E-state index contributed by atoms with van der Waals surface area (Å²) in [4.78, 5) is 0. The van der Waals surface area contributed by atoms with Gasteiger partial charge in [-0.15, -0.1) is 0 Å². The summed E-state index contributed by atoms with van der Waals surface area (Å²) in [7, 11) is -0.697. The third kappa shape index (κ3) is 3.04. The lowest BCUT2D eigenvalue weighted by atomic mass is 10.6. The molecular weight excluding hydrogens is 124 g/mol. The fourth-order valence-corrected chi connectivity index (χ4v) is 3.62. The molecule has 0 aliphatic heterocycles. The Labute approximate surface area is 60.7 Å². The molecule has 0 saturated heterocycles. The molecule has 0 unspecified atom stereocenters. The van der Waals surface area contributed by atoms with Gasteiger partial charge < -0.3 is 0 Å². The number of rotatable bonds is 4. The highest BCUT2D eigenvalue weighted by molar-refractivity contribution is 6.78. The lowest BCUT2D eigenvalue weighted by molar-refractivity contribution is 1.01. The Balaban J connectivity index is 3.62. The molecule has 1 heteroatoms. The summed E-state index contributed by atoms with van der Waals surface area (Å²) >= 11 is 0. The summed E-state index contributed by atoms with van der Waals surface area (Å²) in [5.41, 5.74) is 0. The van der Waals surface area contributed by atoms with Gasteiger partial charge in [0.1, 0.15) is 0 Å². The standard InChI is InChI=1S/C8H20Si/c1-5-8-9(4,6-2)7-3/h5-8H2,1-4H3. The van der Waals surface area contributed by atoms with E-state index < -0.39 is 8.07 Å². The number of hydrogen-bond acceptors (Lipinski definition) is 0. The molecule has 0 aromatic carbocycles. The molecule has 0 atom stereocenters. The van der Waals surface area contributed by atoms with Crippen LogP contribution >= 0.6 is 0 Å². The van der Waals surface area contributed by atoms with Gasteiger partial charge in [0.15, 0.2) is 0 Å². The van der Waals surface area contributed by atoms with Gasteiger partial charge in [0, 0.05) is 8.07 Å². The van der Waals surface area contributed by atoms with Gasteiger partial charge in [-0.25, -0.2) is 0 Å². The molecule has 0 radical (unpaired) electrons. The van der Waals surface area contributed by atoms with E-state index in [0.717, 1.165) is 0 Å². The van der Waals surface area contributed by atoms with E-state index >= 15 is 0 Å². The van der Waals surface area contributed by atoms with Crippen LogP contribution in [0.1, 0.15) is 27.2 Å². The van der Waals surface area contributed by atoms with Crippen LogP contribution in [-0.4, -0.2) is 8.07 Å². The van der Waals surface area contributed by atoms with Crippen LogP contribution in [0.2, 0.25) is 24.7 Å². The zero-order valence-electron chi connectivity index (χ0n) is 7.33. The van der Waals surface area contributed by atoms with E-state index in [0.29, 0.717) is 0 Å². The normalized spacial score (nSPS) is 12.0. The molecule has 0 saturated carbocycles. The lowest BCUT2D eigenvalue weighted by Crippen LogP contribution is -2.26. The Kier molecular flexibility index (Phi) is 4.20. The van der Waals surface area contributed by atoms with E-state index in [2.05, 4.69) is 27.3 Å². The zero-order valence-corrected chi connectivity index (χ0v) is 8.33. The monoisotopic (exact) mass is 144 g/mol. The molecule has 0 amide bonds. The fourth-order valence-electron chi connectivity index (χ4n) is 1.21. The van der Waals surface area contributed by atoms with Gasteiger partial charge >= 0.3 is 0 Å². The Hall–Kier alpha value is 0.217. The van der Waals surface area contributed by atoms with Crippen molar-refractivity contribution < 1.29 is 0 Å². The summed E-state index contributed by atoms with van der Waals surface area (Å²) in [6, 6.07) is 4.47. The van der Waals surface area contributed by atoms with Crippen molar-refractivity contribution in [3.63, 3.8) is 0 Å². The van der Waals surface area contributed by atoms with Crippen molar-refractivity contribution in [3.05, 3.63) is 0 Å². The molecule has 0 aliphatic rings. The minimum atomic E-state index is -0.697. The summed E-state index contributed by atoms with van der Waals surface area (Å²) in [6.45, 7) is 9.53. The van der Waals surface area contributed by atoms with Crippen molar-refractivity contribution in [2.75, 3.05) is 0 Å². The van der Waals surface area contributed by atoms with E-state index in [4.69, 9.17) is 0 Å². The van der Waals surface area contributed by atoms with Crippen molar-refractivity contribution >= 4 is 8.07 Å². The largest absolute Gasteiger partial charge is 0.0692 e. The maximum absolute atomic E-state index is 2.52. The quantitative estimate of drug-likeness (QED) is 0.530. The number of hydrogen-bond donors (Lipinski definition) is 0. The lowest BCUT2D eigenvalue weighted by Gasteiger charge is -2.22. The van der Waals surface area contributed by atoms with Crippen LogP contribution in [0, 0.1) is 0 Å². The van der Waals surface area contributed by atoms with Gasteiger partial charge in [0.2, 0.25) is 0 Å². The van der Waals surface area contributed by atoms with Crippen LogP contribution in [0.25, 0.3) is 0 Å². The first-order chi connectivity index (χ1) is 4.18. The fraction of sp³-hybridized carbons (Fsp3) is 1.00. The van der Waals surface area contributed by atoms with E-state index in [9.17, 15) is 0 Å². The van der Waals surface area contributed by atoms with E-state index in [1.165, 1.54) is 24.6 Å². The predicted molar refractivity (Wildman–Crippen MR) is 47.7 cm³/mol. The Morgan fingerprint density at radius 1 is 1.00 bits per heavy atom. The molecule has 0 bridgehead atoms. The Morgan fingerprint density at radius 2 is 1.44 bits per heavy atom. The first-order valence-electron chi connectivity index (χ1n) is 4.18. The molecule has 0 rings (SSSR count). The zero-order chi connectivity index (χ0) is 7.33. The van der Waals surface area contributed by atoms with Gasteiger partial charge in [-0.05, 0) is 0 Å². The summed E-state index contributed by atoms with van der Waals surface area (Å²) in [5, 5.41) is 0. The third-order valence-corrected chi connectivity index (χ3v) is 7.68. The molecule has 0 nitrogen and oxygen atoms in total. The van der Waals surface area contributed by atoms with Crippen LogP contribution in [0.4, 0.5) is 0 Å². The highest BCUT2D eigenvalue weighted by Gasteiger charge is 2.19. The van der Waals surface area contributed by atoms with Gasteiger partial charge in [-0.2, -0.15) is 0 Å². The topological polar surface area (TPSA) is 0 Å². The van der Waals surface area contributed by atoms with Crippen LogP contribution in [-0.2, 0) is 0 Å². The van der Waals surface area contributed by atoms with Crippen molar-refractivity contribution in [3.8, 4) is 0 Å². The van der Waals surface area contributed by atoms with E-state index in [-0.39, 0.29) is 0 Å². The molecule has 0 aliphatic carbocycles. The predicted octanol–water partition coefficient (Wildman–Crippen LogP) is 3.51. The molecule has 0 aromatic heterocycles. The maximum Gasteiger partial charge on any atom is 0.0499 e. The second-order valence-electron chi connectivity index (χ2n) is 3.27. The first-order valence-corrected chi connectivity index (χ1v) is 7.30. The summed E-state index contributed by atoms with van der Waals surface area (Å²) in [6.07, 6.45) is 1.39. The minimum absolute atomic E-state index is 0.697. The van der Waals surface area contributed by atoms with Crippen molar-refractivity contribution in [2.45, 2.75) is 51.9 Å². The van der Waals surface area contributed by atoms with Crippen LogP contribution < -0.4 is 0 Å². The molecule has 9 heavy (non-hydrogen) atoms. The van der Waals surface area contributed by atoms with Gasteiger partial charge in [-0.1, -0.05) is 51.9 Å². The van der Waals surface area contributed by atoms with Gasteiger partial charge in [0.25, 0.3) is 0 Å². The Morgan fingerprint density at radius 3 is 1.56 bits per heavy atom. The average Bonchev–Trinajstić information content (AvgIpc) is 1.89. The molecule has 0 N–H and O–H groups in total. The Bertz CT molecular complexity index is 65.0. The summed E-state index contributed by atoms with van der Waals surface area (Å²) < 4.78 is 0. The van der Waals surface area contributed by atoms with Crippen molar-refractivity contribution in [2.24, 2.45) is 0 Å². The molecule has 0 aromatic rings. The smallest absolute Gasteiger partial charge is 0.0499 e.